The Morgan fingerprint density at radius 3 is 2.32 bits per heavy atom. The molecule has 0 heterocycles. The summed E-state index contributed by atoms with van der Waals surface area (Å²) in [6.07, 6.45) is 0.331. The first-order valence-electron chi connectivity index (χ1n) is 7.73. The highest BCUT2D eigenvalue weighted by molar-refractivity contribution is 5.99. The van der Waals surface area contributed by atoms with Gasteiger partial charge in [-0.05, 0) is 17.7 Å². The fraction of sp³-hybridized carbons (Fsp3) is 0.263. The number of nitrogens with one attached hydrogen (secondary N) is 1. The molecule has 0 bridgehead atoms. The predicted octanol–water partition coefficient (Wildman–Crippen LogP) is 2.22. The van der Waals surface area contributed by atoms with Crippen LogP contribution in [0.3, 0.4) is 0 Å². The molecular weight excluding hydrogens is 322 g/mol. The second-order valence-corrected chi connectivity index (χ2v) is 5.31. The molecule has 0 saturated carbocycles. The van der Waals surface area contributed by atoms with Gasteiger partial charge in [-0.1, -0.05) is 30.3 Å². The van der Waals surface area contributed by atoms with Crippen molar-refractivity contribution in [3.05, 3.63) is 59.7 Å². The molecule has 25 heavy (non-hydrogen) atoms. The first-order chi connectivity index (χ1) is 12.1. The number of esters is 1. The number of benzene rings is 2. The quantitative estimate of drug-likeness (QED) is 0.781. The largest absolute Gasteiger partial charge is 0.497 e. The molecule has 1 atom stereocenters. The van der Waals surface area contributed by atoms with Crippen LogP contribution in [0.2, 0.25) is 0 Å². The molecule has 2 rings (SSSR count). The molecule has 6 nitrogen and oxygen atoms in total. The molecule has 132 valence electrons. The van der Waals surface area contributed by atoms with Crippen LogP contribution in [0, 0.1) is 0 Å². The summed E-state index contributed by atoms with van der Waals surface area (Å²) in [6.45, 7) is 0. The van der Waals surface area contributed by atoms with E-state index in [1.165, 1.54) is 21.3 Å². The minimum Gasteiger partial charge on any atom is -0.497 e. The van der Waals surface area contributed by atoms with Gasteiger partial charge in [0, 0.05) is 12.5 Å². The number of carbonyl (C=O) groups excluding carboxylic acids is 2. The SMILES string of the molecule is COC(=O)[C@H](Cc1ccccc1)NC(=O)c1ccc(OC)cc1OC. The Morgan fingerprint density at radius 2 is 1.72 bits per heavy atom. The summed E-state index contributed by atoms with van der Waals surface area (Å²) >= 11 is 0. The van der Waals surface area contributed by atoms with Crippen molar-refractivity contribution >= 4 is 11.9 Å². The van der Waals surface area contributed by atoms with Crippen LogP contribution in [0.4, 0.5) is 0 Å². The fourth-order valence-corrected chi connectivity index (χ4v) is 2.41. The Morgan fingerprint density at radius 1 is 1.00 bits per heavy atom. The molecule has 2 aromatic rings. The summed E-state index contributed by atoms with van der Waals surface area (Å²) < 4.78 is 15.2. The molecule has 0 fully saturated rings. The molecule has 2 aromatic carbocycles. The van der Waals surface area contributed by atoms with Crippen molar-refractivity contribution in [1.82, 2.24) is 5.32 Å². The monoisotopic (exact) mass is 343 g/mol. The number of hydrogen-bond acceptors (Lipinski definition) is 5. The van der Waals surface area contributed by atoms with Crippen molar-refractivity contribution in [2.45, 2.75) is 12.5 Å². The third-order valence-corrected chi connectivity index (χ3v) is 3.73. The van der Waals surface area contributed by atoms with Gasteiger partial charge in [0.2, 0.25) is 0 Å². The van der Waals surface area contributed by atoms with E-state index in [1.54, 1.807) is 18.2 Å². The van der Waals surface area contributed by atoms with E-state index in [0.717, 1.165) is 5.56 Å². The van der Waals surface area contributed by atoms with Gasteiger partial charge >= 0.3 is 5.97 Å². The molecule has 1 amide bonds. The molecule has 1 N–H and O–H groups in total. The highest BCUT2D eigenvalue weighted by Crippen LogP contribution is 2.24. The molecule has 0 spiro atoms. The Balaban J connectivity index is 2.20. The van der Waals surface area contributed by atoms with E-state index < -0.39 is 17.9 Å². The minimum absolute atomic E-state index is 0.310. The standard InChI is InChI=1S/C19H21NO5/c1-23-14-9-10-15(17(12-14)24-2)18(21)20-16(19(22)25-3)11-13-7-5-4-6-8-13/h4-10,12,16H,11H2,1-3H3,(H,20,21)/t16-/m0/s1. The van der Waals surface area contributed by atoms with Gasteiger partial charge in [-0.25, -0.2) is 4.79 Å². The maximum absolute atomic E-state index is 12.6. The zero-order chi connectivity index (χ0) is 18.2. The Hall–Kier alpha value is -3.02. The summed E-state index contributed by atoms with van der Waals surface area (Å²) in [5, 5.41) is 2.71. The number of methoxy groups -OCH3 is 3. The van der Waals surface area contributed by atoms with Gasteiger partial charge in [-0.2, -0.15) is 0 Å². The van der Waals surface area contributed by atoms with E-state index in [0.29, 0.717) is 23.5 Å². The van der Waals surface area contributed by atoms with E-state index in [9.17, 15) is 9.59 Å². The number of rotatable bonds is 7. The normalized spacial score (nSPS) is 11.3. The maximum atomic E-state index is 12.6. The molecular formula is C19H21NO5. The summed E-state index contributed by atoms with van der Waals surface area (Å²) in [6, 6.07) is 13.5. The molecule has 6 heteroatoms. The smallest absolute Gasteiger partial charge is 0.328 e. The van der Waals surface area contributed by atoms with Crippen molar-refractivity contribution in [3.63, 3.8) is 0 Å². The summed E-state index contributed by atoms with van der Waals surface area (Å²) in [7, 11) is 4.29. The van der Waals surface area contributed by atoms with E-state index in [-0.39, 0.29) is 0 Å². The number of hydrogen-bond donors (Lipinski definition) is 1. The Bertz CT molecular complexity index is 730. The number of amides is 1. The van der Waals surface area contributed by atoms with E-state index >= 15 is 0 Å². The molecule has 0 radical (unpaired) electrons. The van der Waals surface area contributed by atoms with Gasteiger partial charge in [0.1, 0.15) is 17.5 Å². The highest BCUT2D eigenvalue weighted by atomic mass is 16.5. The molecule has 0 aromatic heterocycles. The predicted molar refractivity (Wildman–Crippen MR) is 93.0 cm³/mol. The second-order valence-electron chi connectivity index (χ2n) is 5.31. The molecule has 0 aliphatic heterocycles. The number of carbonyl (C=O) groups is 2. The van der Waals surface area contributed by atoms with Crippen LogP contribution >= 0.6 is 0 Å². The van der Waals surface area contributed by atoms with Gasteiger partial charge in [0.15, 0.2) is 0 Å². The second kappa shape index (κ2) is 8.73. The third-order valence-electron chi connectivity index (χ3n) is 3.73. The minimum atomic E-state index is -0.799. The van der Waals surface area contributed by atoms with Crippen LogP contribution in [0.5, 0.6) is 11.5 Å². The van der Waals surface area contributed by atoms with Crippen molar-refractivity contribution in [2.75, 3.05) is 21.3 Å². The topological polar surface area (TPSA) is 73.9 Å². The third kappa shape index (κ3) is 4.73. The summed E-state index contributed by atoms with van der Waals surface area (Å²) in [4.78, 5) is 24.7. The van der Waals surface area contributed by atoms with Crippen LogP contribution in [-0.4, -0.2) is 39.2 Å². The molecule has 0 aliphatic rings. The van der Waals surface area contributed by atoms with Gasteiger partial charge in [0.05, 0.1) is 26.9 Å². The van der Waals surface area contributed by atoms with Gasteiger partial charge in [-0.15, -0.1) is 0 Å². The molecule has 0 aliphatic carbocycles. The van der Waals surface area contributed by atoms with E-state index in [2.05, 4.69) is 5.32 Å². The molecule has 0 saturated heterocycles. The lowest BCUT2D eigenvalue weighted by molar-refractivity contribution is -0.142. The van der Waals surface area contributed by atoms with Crippen LogP contribution in [0.15, 0.2) is 48.5 Å². The van der Waals surface area contributed by atoms with Crippen molar-refractivity contribution in [2.24, 2.45) is 0 Å². The van der Waals surface area contributed by atoms with E-state index in [4.69, 9.17) is 14.2 Å². The van der Waals surface area contributed by atoms with Gasteiger partial charge in [0.25, 0.3) is 5.91 Å². The first kappa shape index (κ1) is 18.3. The zero-order valence-corrected chi connectivity index (χ0v) is 14.4. The fourth-order valence-electron chi connectivity index (χ4n) is 2.41. The van der Waals surface area contributed by atoms with Crippen LogP contribution in [0.1, 0.15) is 15.9 Å². The van der Waals surface area contributed by atoms with E-state index in [1.807, 2.05) is 30.3 Å². The van der Waals surface area contributed by atoms with Gasteiger partial charge < -0.3 is 19.5 Å². The lowest BCUT2D eigenvalue weighted by Crippen LogP contribution is -2.43. The maximum Gasteiger partial charge on any atom is 0.328 e. The highest BCUT2D eigenvalue weighted by Gasteiger charge is 2.24. The Labute approximate surface area is 146 Å². The van der Waals surface area contributed by atoms with Gasteiger partial charge in [-0.3, -0.25) is 4.79 Å². The first-order valence-corrected chi connectivity index (χ1v) is 7.73. The average molecular weight is 343 g/mol. The van der Waals surface area contributed by atoms with Crippen molar-refractivity contribution in [1.29, 1.82) is 0 Å². The summed E-state index contributed by atoms with van der Waals surface area (Å²) in [5.74, 6) is -0.00195. The van der Waals surface area contributed by atoms with Crippen LogP contribution in [-0.2, 0) is 16.0 Å². The van der Waals surface area contributed by atoms with Crippen molar-refractivity contribution < 1.29 is 23.8 Å². The van der Waals surface area contributed by atoms with Crippen LogP contribution < -0.4 is 14.8 Å². The van der Waals surface area contributed by atoms with Crippen LogP contribution in [0.25, 0.3) is 0 Å². The lowest BCUT2D eigenvalue weighted by atomic mass is 10.1. The lowest BCUT2D eigenvalue weighted by Gasteiger charge is -2.18. The number of ether oxygens (including phenoxy) is 3. The summed E-state index contributed by atoms with van der Waals surface area (Å²) in [5.41, 5.74) is 1.23. The van der Waals surface area contributed by atoms with Crippen molar-refractivity contribution in [3.8, 4) is 11.5 Å². The average Bonchev–Trinajstić information content (AvgIpc) is 2.66. The zero-order valence-electron chi connectivity index (χ0n) is 14.4. The Kier molecular flexibility index (Phi) is 6.39. The molecule has 0 unspecified atom stereocenters.